The number of nitrogens with zero attached hydrogens (tertiary/aromatic N) is 3. The lowest BCUT2D eigenvalue weighted by molar-refractivity contribution is 0.102. The van der Waals surface area contributed by atoms with E-state index in [1.165, 1.54) is 12.3 Å². The molecule has 180 valence electrons. The van der Waals surface area contributed by atoms with Crippen molar-refractivity contribution in [3.05, 3.63) is 114 Å². The van der Waals surface area contributed by atoms with Gasteiger partial charge in [-0.15, -0.1) is 0 Å². The third-order valence-corrected chi connectivity index (χ3v) is 5.85. The molecule has 5 rings (SSSR count). The molecule has 0 bridgehead atoms. The maximum Gasteiger partial charge on any atom is 0.256 e. The second kappa shape index (κ2) is 10.00. The lowest BCUT2D eigenvalue weighted by Crippen LogP contribution is -2.13. The number of nitrogens with one attached hydrogen (secondary N) is 1. The van der Waals surface area contributed by atoms with Crippen molar-refractivity contribution < 1.29 is 13.6 Å². The first-order chi connectivity index (χ1) is 17.5. The van der Waals surface area contributed by atoms with Crippen LogP contribution in [0.25, 0.3) is 22.8 Å². The van der Waals surface area contributed by atoms with E-state index in [0.29, 0.717) is 40.6 Å². The first kappa shape index (κ1) is 23.2. The van der Waals surface area contributed by atoms with Gasteiger partial charge in [-0.05, 0) is 42.0 Å². The quantitative estimate of drug-likeness (QED) is 0.279. The first-order valence-corrected chi connectivity index (χ1v) is 11.7. The second-order valence-electron chi connectivity index (χ2n) is 8.78. The topological polar surface area (TPSA) is 73.0 Å². The van der Waals surface area contributed by atoms with Crippen molar-refractivity contribution in [2.24, 2.45) is 0 Å². The molecule has 1 amide bonds. The highest BCUT2D eigenvalue weighted by Crippen LogP contribution is 2.30. The van der Waals surface area contributed by atoms with Crippen molar-refractivity contribution in [3.8, 4) is 22.8 Å². The summed E-state index contributed by atoms with van der Waals surface area (Å²) in [7, 11) is 0. The van der Waals surface area contributed by atoms with Gasteiger partial charge < -0.3 is 14.3 Å². The highest BCUT2D eigenvalue weighted by Gasteiger charge is 2.18. The molecule has 2 heterocycles. The Morgan fingerprint density at radius 3 is 2.58 bits per heavy atom. The van der Waals surface area contributed by atoms with Gasteiger partial charge in [0.15, 0.2) is 5.76 Å². The van der Waals surface area contributed by atoms with Crippen LogP contribution in [0, 0.1) is 5.82 Å². The minimum atomic E-state index is -0.401. The molecular weight excluding hydrogens is 455 g/mol. The van der Waals surface area contributed by atoms with Gasteiger partial charge in [0.2, 0.25) is 5.89 Å². The summed E-state index contributed by atoms with van der Waals surface area (Å²) in [5, 5.41) is 2.98. The number of halogens is 1. The number of aromatic nitrogens is 3. The fraction of sp³-hybridized carbons (Fsp3) is 0.138. The van der Waals surface area contributed by atoms with Gasteiger partial charge in [0.25, 0.3) is 5.91 Å². The van der Waals surface area contributed by atoms with Crippen LogP contribution in [-0.2, 0) is 6.54 Å². The van der Waals surface area contributed by atoms with E-state index in [9.17, 15) is 9.18 Å². The number of carbonyl (C=O) groups is 1. The third kappa shape index (κ3) is 4.81. The summed E-state index contributed by atoms with van der Waals surface area (Å²) in [5.74, 6) is 1.18. The van der Waals surface area contributed by atoms with Crippen LogP contribution >= 0.6 is 0 Å². The molecule has 6 nitrogen and oxygen atoms in total. The number of amides is 1. The Balaban J connectivity index is 1.38. The third-order valence-electron chi connectivity index (χ3n) is 5.85. The zero-order valence-corrected chi connectivity index (χ0v) is 20.0. The molecule has 0 fully saturated rings. The molecule has 0 aliphatic carbocycles. The fourth-order valence-corrected chi connectivity index (χ4v) is 4.15. The molecule has 5 aromatic rings. The Morgan fingerprint density at radius 2 is 1.78 bits per heavy atom. The van der Waals surface area contributed by atoms with E-state index < -0.39 is 5.82 Å². The average Bonchev–Trinajstić information content (AvgIpc) is 3.55. The minimum Gasteiger partial charge on any atom is -0.436 e. The van der Waals surface area contributed by atoms with E-state index in [1.54, 1.807) is 48.7 Å². The van der Waals surface area contributed by atoms with E-state index in [0.717, 1.165) is 11.4 Å². The summed E-state index contributed by atoms with van der Waals surface area (Å²) < 4.78 is 22.1. The van der Waals surface area contributed by atoms with Crippen LogP contribution in [0.15, 0.2) is 95.8 Å². The van der Waals surface area contributed by atoms with Crippen LogP contribution in [-0.4, -0.2) is 20.4 Å². The lowest BCUT2D eigenvalue weighted by atomic mass is 10.1. The Bertz CT molecular complexity index is 1520. The predicted octanol–water partition coefficient (Wildman–Crippen LogP) is 6.77. The van der Waals surface area contributed by atoms with Crippen LogP contribution in [0.1, 0.15) is 41.5 Å². The lowest BCUT2D eigenvalue weighted by Gasteiger charge is -2.12. The van der Waals surface area contributed by atoms with E-state index >= 15 is 0 Å². The zero-order valence-electron chi connectivity index (χ0n) is 20.0. The average molecular weight is 481 g/mol. The van der Waals surface area contributed by atoms with Crippen molar-refractivity contribution in [1.29, 1.82) is 0 Å². The summed E-state index contributed by atoms with van der Waals surface area (Å²) in [5.41, 5.74) is 2.96. The fourth-order valence-electron chi connectivity index (χ4n) is 4.15. The predicted molar refractivity (Wildman–Crippen MR) is 137 cm³/mol. The maximum atomic E-state index is 14.2. The van der Waals surface area contributed by atoms with Gasteiger partial charge in [-0.2, -0.15) is 0 Å². The highest BCUT2D eigenvalue weighted by molar-refractivity contribution is 6.08. The SMILES string of the molecule is CC(C)c1nccn1Cc1cccc(NC(=O)c2ccccc2-c2ncc(-c3ccccc3F)o2)c1. The molecule has 0 aliphatic rings. The number of hydrogen-bond acceptors (Lipinski definition) is 4. The van der Waals surface area contributed by atoms with Gasteiger partial charge in [-0.1, -0.05) is 50.2 Å². The number of hydrogen-bond donors (Lipinski definition) is 1. The number of oxazole rings is 1. The van der Waals surface area contributed by atoms with Gasteiger partial charge in [-0.25, -0.2) is 14.4 Å². The summed E-state index contributed by atoms with van der Waals surface area (Å²) >= 11 is 0. The Morgan fingerprint density at radius 1 is 1.00 bits per heavy atom. The molecular formula is C29H25FN4O2. The van der Waals surface area contributed by atoms with E-state index in [2.05, 4.69) is 33.7 Å². The number of carbonyl (C=O) groups excluding carboxylic acids is 1. The number of anilines is 1. The minimum absolute atomic E-state index is 0.245. The molecule has 0 aliphatic heterocycles. The highest BCUT2D eigenvalue weighted by atomic mass is 19.1. The van der Waals surface area contributed by atoms with Crippen molar-refractivity contribution in [2.45, 2.75) is 26.3 Å². The molecule has 7 heteroatoms. The molecule has 0 radical (unpaired) electrons. The molecule has 0 saturated carbocycles. The van der Waals surface area contributed by atoms with Crippen LogP contribution in [0.3, 0.4) is 0 Å². The van der Waals surface area contributed by atoms with Crippen LogP contribution in [0.4, 0.5) is 10.1 Å². The molecule has 1 N–H and O–H groups in total. The Kier molecular flexibility index (Phi) is 6.45. The van der Waals surface area contributed by atoms with Gasteiger partial charge in [0, 0.05) is 36.1 Å². The Hall–Kier alpha value is -4.52. The number of rotatable bonds is 7. The zero-order chi connectivity index (χ0) is 25.1. The van der Waals surface area contributed by atoms with Gasteiger partial charge >= 0.3 is 0 Å². The van der Waals surface area contributed by atoms with Crippen molar-refractivity contribution in [1.82, 2.24) is 14.5 Å². The summed E-state index contributed by atoms with van der Waals surface area (Å²) in [6, 6.07) is 21.1. The molecule has 0 atom stereocenters. The van der Waals surface area contributed by atoms with E-state index in [4.69, 9.17) is 4.42 Å². The molecule has 2 aromatic heterocycles. The molecule has 3 aromatic carbocycles. The van der Waals surface area contributed by atoms with E-state index in [-0.39, 0.29) is 11.8 Å². The van der Waals surface area contributed by atoms with Crippen molar-refractivity contribution >= 4 is 11.6 Å². The van der Waals surface area contributed by atoms with Gasteiger partial charge in [0.05, 0.1) is 17.3 Å². The first-order valence-electron chi connectivity index (χ1n) is 11.7. The Labute approximate surface area is 208 Å². The monoisotopic (exact) mass is 480 g/mol. The summed E-state index contributed by atoms with van der Waals surface area (Å²) in [4.78, 5) is 22.0. The molecule has 0 spiro atoms. The van der Waals surface area contributed by atoms with Gasteiger partial charge in [0.1, 0.15) is 11.6 Å². The van der Waals surface area contributed by atoms with Crippen LogP contribution in [0.2, 0.25) is 0 Å². The van der Waals surface area contributed by atoms with Crippen molar-refractivity contribution in [3.63, 3.8) is 0 Å². The van der Waals surface area contributed by atoms with Crippen LogP contribution < -0.4 is 5.32 Å². The van der Waals surface area contributed by atoms with Crippen molar-refractivity contribution in [2.75, 3.05) is 5.32 Å². The normalized spacial score (nSPS) is 11.1. The van der Waals surface area contributed by atoms with Gasteiger partial charge in [-0.3, -0.25) is 4.79 Å². The smallest absolute Gasteiger partial charge is 0.256 e. The molecule has 0 unspecified atom stereocenters. The number of benzene rings is 3. The largest absolute Gasteiger partial charge is 0.436 e. The molecule has 36 heavy (non-hydrogen) atoms. The summed E-state index contributed by atoms with van der Waals surface area (Å²) in [6.45, 7) is 4.88. The number of imidazole rings is 1. The van der Waals surface area contributed by atoms with Crippen LogP contribution in [0.5, 0.6) is 0 Å². The summed E-state index contributed by atoms with van der Waals surface area (Å²) in [6.07, 6.45) is 5.23. The van der Waals surface area contributed by atoms with E-state index in [1.807, 2.05) is 30.5 Å². The standard InChI is InChI=1S/C29H25FN4O2/c1-19(2)27-31-14-15-34(27)18-20-8-7-9-21(16-20)33-28(35)22-10-3-4-11-23(22)29-32-17-26(36-29)24-12-5-6-13-25(24)30/h3-17,19H,18H2,1-2H3,(H,33,35). The maximum absolute atomic E-state index is 14.2. The molecule has 0 saturated heterocycles. The second-order valence-corrected chi connectivity index (χ2v) is 8.78.